The van der Waals surface area contributed by atoms with E-state index in [1.165, 1.54) is 16.4 Å². The highest BCUT2D eigenvalue weighted by Crippen LogP contribution is 2.26. The molecule has 0 amide bonds. The predicted molar refractivity (Wildman–Crippen MR) is 160 cm³/mol. The zero-order chi connectivity index (χ0) is 28.1. The molecule has 0 spiro atoms. The predicted octanol–water partition coefficient (Wildman–Crippen LogP) is 3.89. The Kier molecular flexibility index (Phi) is 6.08. The van der Waals surface area contributed by atoms with E-state index in [0.717, 1.165) is 36.2 Å². The summed E-state index contributed by atoms with van der Waals surface area (Å²) < 4.78 is 3.16. The van der Waals surface area contributed by atoms with Crippen LogP contribution in [-0.4, -0.2) is 71.7 Å². The number of likely N-dealkylation sites (N-methyl/N-ethyl adjacent to an activating group) is 1. The third kappa shape index (κ3) is 4.34. The maximum atomic E-state index is 13.7. The van der Waals surface area contributed by atoms with E-state index in [4.69, 9.17) is 4.98 Å². The molecule has 1 aliphatic rings. The zero-order valence-electron chi connectivity index (χ0n) is 23.1. The molecule has 7 rings (SSSR count). The van der Waals surface area contributed by atoms with Crippen molar-refractivity contribution in [2.45, 2.75) is 19.9 Å². The number of piperazine rings is 1. The van der Waals surface area contributed by atoms with E-state index < -0.39 is 0 Å². The monoisotopic (exact) mass is 546 g/mol. The van der Waals surface area contributed by atoms with Gasteiger partial charge in [-0.05, 0) is 55.4 Å². The van der Waals surface area contributed by atoms with Gasteiger partial charge in [0.25, 0.3) is 5.56 Å². The van der Waals surface area contributed by atoms with Gasteiger partial charge in [-0.15, -0.1) is 0 Å². The Morgan fingerprint density at radius 3 is 2.46 bits per heavy atom. The van der Waals surface area contributed by atoms with Crippen LogP contribution in [0, 0.1) is 5.92 Å². The van der Waals surface area contributed by atoms with Crippen LogP contribution in [0.5, 0.6) is 0 Å². The van der Waals surface area contributed by atoms with Gasteiger partial charge in [0.1, 0.15) is 5.39 Å². The number of nitrogens with one attached hydrogen (secondary N) is 1. The van der Waals surface area contributed by atoms with Crippen molar-refractivity contribution in [1.29, 1.82) is 0 Å². The third-order valence-corrected chi connectivity index (χ3v) is 7.87. The molecule has 1 saturated heterocycles. The number of nitrogens with zero attached hydrogens (tertiary/aromatic N) is 9. The summed E-state index contributed by atoms with van der Waals surface area (Å²) >= 11 is 0. The van der Waals surface area contributed by atoms with E-state index in [1.807, 2.05) is 36.4 Å². The summed E-state index contributed by atoms with van der Waals surface area (Å²) in [6.07, 6.45) is 4.80. The number of benzene rings is 2. The van der Waals surface area contributed by atoms with Gasteiger partial charge in [0.05, 0.1) is 5.52 Å². The minimum Gasteiger partial charge on any atom is -0.369 e. The molecule has 0 saturated carbocycles. The molecule has 11 heteroatoms. The highest BCUT2D eigenvalue weighted by molar-refractivity contribution is 5.95. The Labute approximate surface area is 236 Å². The normalized spacial score (nSPS) is 16.3. The Morgan fingerprint density at radius 1 is 0.902 bits per heavy atom. The average Bonchev–Trinajstić information content (AvgIpc) is 3.33. The van der Waals surface area contributed by atoms with Gasteiger partial charge in [-0.2, -0.15) is 9.50 Å². The van der Waals surface area contributed by atoms with Crippen molar-refractivity contribution in [3.63, 3.8) is 0 Å². The molecule has 206 valence electrons. The second-order valence-electron chi connectivity index (χ2n) is 10.8. The number of aromatic nitrogens is 7. The lowest BCUT2D eigenvalue weighted by atomic mass is 10.00. The molecule has 0 aliphatic carbocycles. The summed E-state index contributed by atoms with van der Waals surface area (Å²) in [5, 5.41) is 4.37. The largest absolute Gasteiger partial charge is 0.369 e. The molecule has 0 bridgehead atoms. The molecule has 0 unspecified atom stereocenters. The van der Waals surface area contributed by atoms with Crippen molar-refractivity contribution in [3.8, 4) is 5.95 Å². The van der Waals surface area contributed by atoms with Gasteiger partial charge in [-0.3, -0.25) is 9.69 Å². The summed E-state index contributed by atoms with van der Waals surface area (Å²) in [5.41, 5.74) is 3.33. The van der Waals surface area contributed by atoms with Crippen LogP contribution in [-0.2, 0) is 0 Å². The quantitative estimate of drug-likeness (QED) is 0.344. The summed E-state index contributed by atoms with van der Waals surface area (Å²) in [6.45, 7) is 7.63. The fourth-order valence-corrected chi connectivity index (χ4v) is 5.68. The minimum absolute atomic E-state index is 0.295. The molecule has 2 aromatic carbocycles. The fourth-order valence-electron chi connectivity index (χ4n) is 5.68. The molecule has 1 N–H and O–H groups in total. The molecular formula is C30H30N10O. The summed E-state index contributed by atoms with van der Waals surface area (Å²) in [7, 11) is 2.21. The van der Waals surface area contributed by atoms with Crippen LogP contribution in [0.15, 0.2) is 78.0 Å². The van der Waals surface area contributed by atoms with Crippen molar-refractivity contribution < 1.29 is 0 Å². The summed E-state index contributed by atoms with van der Waals surface area (Å²) in [4.78, 5) is 41.2. The molecule has 11 nitrogen and oxygen atoms in total. The van der Waals surface area contributed by atoms with E-state index >= 15 is 0 Å². The number of fused-ring (bicyclic) bond motifs is 4. The van der Waals surface area contributed by atoms with E-state index in [9.17, 15) is 4.79 Å². The number of rotatable bonds is 5. The highest BCUT2D eigenvalue weighted by atomic mass is 16.1. The van der Waals surface area contributed by atoms with E-state index in [0.29, 0.717) is 40.5 Å². The summed E-state index contributed by atoms with van der Waals surface area (Å²) in [6, 6.07) is 18.2. The molecule has 4 aromatic heterocycles. The van der Waals surface area contributed by atoms with E-state index in [1.54, 1.807) is 23.1 Å². The Bertz CT molecular complexity index is 1930. The topological polar surface area (TPSA) is 109 Å². The maximum Gasteiger partial charge on any atom is 0.284 e. The van der Waals surface area contributed by atoms with Gasteiger partial charge in [0, 0.05) is 61.0 Å². The SMILES string of the molecule is CC(C)[C@@H]1CN(c2ccc(Nc3ncc4c(=O)n5c(nc4n3)c3ccccc3n5-c3ncccn3)cc2)CCN1C. The van der Waals surface area contributed by atoms with Crippen LogP contribution in [0.4, 0.5) is 17.3 Å². The van der Waals surface area contributed by atoms with Crippen LogP contribution in [0.25, 0.3) is 33.5 Å². The number of hydrogen-bond donors (Lipinski definition) is 1. The van der Waals surface area contributed by atoms with Gasteiger partial charge in [-0.25, -0.2) is 24.6 Å². The molecule has 41 heavy (non-hydrogen) atoms. The van der Waals surface area contributed by atoms with Crippen LogP contribution in [0.3, 0.4) is 0 Å². The molecule has 6 aromatic rings. The third-order valence-electron chi connectivity index (χ3n) is 7.87. The van der Waals surface area contributed by atoms with Gasteiger partial charge in [-0.1, -0.05) is 26.0 Å². The van der Waals surface area contributed by atoms with Gasteiger partial charge < -0.3 is 10.2 Å². The van der Waals surface area contributed by atoms with Crippen molar-refractivity contribution in [2.75, 3.05) is 36.9 Å². The second-order valence-corrected chi connectivity index (χ2v) is 10.8. The van der Waals surface area contributed by atoms with E-state index in [2.05, 4.69) is 68.1 Å². The zero-order valence-corrected chi connectivity index (χ0v) is 23.1. The van der Waals surface area contributed by atoms with Gasteiger partial charge >= 0.3 is 0 Å². The van der Waals surface area contributed by atoms with Gasteiger partial charge in [0.2, 0.25) is 11.9 Å². The second kappa shape index (κ2) is 9.93. The molecule has 1 aliphatic heterocycles. The fraction of sp³-hybridized carbons (Fsp3) is 0.267. The lowest BCUT2D eigenvalue weighted by Gasteiger charge is -2.42. The maximum absolute atomic E-state index is 13.7. The van der Waals surface area contributed by atoms with Gasteiger partial charge in [0.15, 0.2) is 11.3 Å². The number of hydrogen-bond acceptors (Lipinski definition) is 9. The molecule has 0 radical (unpaired) electrons. The Hall–Kier alpha value is -4.90. The number of para-hydroxylation sites is 1. The van der Waals surface area contributed by atoms with Crippen molar-refractivity contribution in [1.82, 2.24) is 39.0 Å². The van der Waals surface area contributed by atoms with Crippen molar-refractivity contribution in [2.24, 2.45) is 5.92 Å². The minimum atomic E-state index is -0.295. The van der Waals surface area contributed by atoms with E-state index in [-0.39, 0.29) is 5.56 Å². The molecule has 1 atom stereocenters. The lowest BCUT2D eigenvalue weighted by Crippen LogP contribution is -2.53. The van der Waals surface area contributed by atoms with Crippen molar-refractivity contribution >= 4 is 44.9 Å². The highest BCUT2D eigenvalue weighted by Gasteiger charge is 2.26. The Balaban J connectivity index is 1.22. The standard InChI is InChI=1S/C30H30N10O/c1-19(2)25-18-38(16-15-37(25)3)21-11-9-20(10-12-21)34-29-33-17-23-26(36-29)35-27-22-7-4-5-8-24(22)39(40(27)28(23)41)30-31-13-6-14-32-30/h4-14,17,19,25H,15-16,18H2,1-3H3,(H,33,34,36)/t25-/m0/s1. The average molecular weight is 547 g/mol. The summed E-state index contributed by atoms with van der Waals surface area (Å²) in [5.74, 6) is 1.34. The lowest BCUT2D eigenvalue weighted by molar-refractivity contribution is 0.173. The van der Waals surface area contributed by atoms with Crippen LogP contribution >= 0.6 is 0 Å². The smallest absolute Gasteiger partial charge is 0.284 e. The van der Waals surface area contributed by atoms with Crippen LogP contribution in [0.1, 0.15) is 13.8 Å². The molecular weight excluding hydrogens is 516 g/mol. The first-order chi connectivity index (χ1) is 20.0. The Morgan fingerprint density at radius 2 is 1.68 bits per heavy atom. The van der Waals surface area contributed by atoms with Crippen LogP contribution < -0.4 is 15.8 Å². The first-order valence-corrected chi connectivity index (χ1v) is 13.8. The first-order valence-electron chi connectivity index (χ1n) is 13.8. The first kappa shape index (κ1) is 25.1. The number of anilines is 3. The molecule has 1 fully saturated rings. The molecule has 5 heterocycles. The van der Waals surface area contributed by atoms with Crippen LogP contribution in [0.2, 0.25) is 0 Å². The van der Waals surface area contributed by atoms with Crippen molar-refractivity contribution in [3.05, 3.63) is 83.5 Å².